The smallest absolute Gasteiger partial charge is 0.211 e. The van der Waals surface area contributed by atoms with Gasteiger partial charge in [-0.1, -0.05) is 6.92 Å². The van der Waals surface area contributed by atoms with Gasteiger partial charge >= 0.3 is 0 Å². The quantitative estimate of drug-likeness (QED) is 0.702. The van der Waals surface area contributed by atoms with Crippen LogP contribution < -0.4 is 4.72 Å². The Morgan fingerprint density at radius 3 is 2.56 bits per heavy atom. The van der Waals surface area contributed by atoms with Crippen molar-refractivity contribution in [3.05, 3.63) is 0 Å². The van der Waals surface area contributed by atoms with Crippen LogP contribution in [0.1, 0.15) is 26.2 Å². The van der Waals surface area contributed by atoms with Crippen molar-refractivity contribution in [1.82, 2.24) is 4.72 Å². The van der Waals surface area contributed by atoms with Crippen molar-refractivity contribution in [2.24, 2.45) is 5.41 Å². The summed E-state index contributed by atoms with van der Waals surface area (Å²) in [5, 5.41) is 8.59. The van der Waals surface area contributed by atoms with Crippen LogP contribution in [-0.4, -0.2) is 45.6 Å². The maximum absolute atomic E-state index is 11.5. The van der Waals surface area contributed by atoms with E-state index in [1.165, 1.54) is 0 Å². The average molecular weight is 251 g/mol. The Bertz CT molecular complexity index is 296. The van der Waals surface area contributed by atoms with Crippen LogP contribution in [0.4, 0.5) is 0 Å². The van der Waals surface area contributed by atoms with Gasteiger partial charge in [-0.2, -0.15) is 0 Å². The molecule has 0 unspecified atom stereocenters. The highest BCUT2D eigenvalue weighted by Crippen LogP contribution is 2.28. The van der Waals surface area contributed by atoms with Gasteiger partial charge in [0.1, 0.15) is 0 Å². The van der Waals surface area contributed by atoms with Crippen LogP contribution in [0.15, 0.2) is 0 Å². The molecule has 0 bridgehead atoms. The third-order valence-corrected chi connectivity index (χ3v) is 4.40. The maximum Gasteiger partial charge on any atom is 0.211 e. The van der Waals surface area contributed by atoms with Gasteiger partial charge in [-0.25, -0.2) is 13.1 Å². The SMILES string of the molecule is CC1(CNS(=O)(=O)CCCO)CCOCC1. The molecule has 0 amide bonds. The Kier molecular flexibility index (Phi) is 5.17. The standard InChI is InChI=1S/C10H21NO4S/c1-10(3-6-15-7-4-10)9-11-16(13,14)8-2-5-12/h11-12H,2-9H2,1H3. The molecule has 0 spiro atoms. The summed E-state index contributed by atoms with van der Waals surface area (Å²) in [6, 6.07) is 0. The lowest BCUT2D eigenvalue weighted by Crippen LogP contribution is -2.40. The van der Waals surface area contributed by atoms with Gasteiger partial charge in [0.25, 0.3) is 0 Å². The molecule has 2 N–H and O–H groups in total. The fraction of sp³-hybridized carbons (Fsp3) is 1.00. The van der Waals surface area contributed by atoms with Crippen molar-refractivity contribution in [3.8, 4) is 0 Å². The number of ether oxygens (including phenoxy) is 1. The summed E-state index contributed by atoms with van der Waals surface area (Å²) >= 11 is 0. The molecule has 6 heteroatoms. The maximum atomic E-state index is 11.5. The topological polar surface area (TPSA) is 75.6 Å². The molecule has 0 aromatic carbocycles. The molecule has 0 aromatic rings. The molecule has 0 radical (unpaired) electrons. The second kappa shape index (κ2) is 5.95. The van der Waals surface area contributed by atoms with Crippen molar-refractivity contribution in [2.45, 2.75) is 26.2 Å². The number of sulfonamides is 1. The van der Waals surface area contributed by atoms with Crippen LogP contribution in [0.2, 0.25) is 0 Å². The first-order valence-electron chi connectivity index (χ1n) is 5.63. The molecular formula is C10H21NO4S. The zero-order valence-corrected chi connectivity index (χ0v) is 10.6. The number of hydrogen-bond acceptors (Lipinski definition) is 4. The minimum absolute atomic E-state index is 0.00389. The lowest BCUT2D eigenvalue weighted by atomic mass is 9.83. The Hall–Kier alpha value is -0.170. The van der Waals surface area contributed by atoms with E-state index in [1.54, 1.807) is 0 Å². The van der Waals surface area contributed by atoms with Gasteiger partial charge in [0.05, 0.1) is 5.75 Å². The Balaban J connectivity index is 2.37. The van der Waals surface area contributed by atoms with Gasteiger partial charge in [-0.15, -0.1) is 0 Å². The second-order valence-corrected chi connectivity index (χ2v) is 6.57. The van der Waals surface area contributed by atoms with E-state index in [-0.39, 0.29) is 24.2 Å². The monoisotopic (exact) mass is 251 g/mol. The van der Waals surface area contributed by atoms with Crippen molar-refractivity contribution < 1.29 is 18.3 Å². The largest absolute Gasteiger partial charge is 0.396 e. The van der Waals surface area contributed by atoms with Crippen LogP contribution in [0.25, 0.3) is 0 Å². The van der Waals surface area contributed by atoms with Crippen LogP contribution in [-0.2, 0) is 14.8 Å². The van der Waals surface area contributed by atoms with E-state index >= 15 is 0 Å². The van der Waals surface area contributed by atoms with Gasteiger partial charge in [-0.05, 0) is 24.7 Å². The highest BCUT2D eigenvalue weighted by molar-refractivity contribution is 7.89. The number of hydrogen-bond donors (Lipinski definition) is 2. The molecule has 0 aliphatic carbocycles. The molecule has 1 heterocycles. The molecule has 16 heavy (non-hydrogen) atoms. The lowest BCUT2D eigenvalue weighted by molar-refractivity contribution is 0.0264. The highest BCUT2D eigenvalue weighted by atomic mass is 32.2. The summed E-state index contributed by atoms with van der Waals surface area (Å²) in [6.07, 6.45) is 2.06. The number of nitrogens with one attached hydrogen (secondary N) is 1. The van der Waals surface area contributed by atoms with Crippen LogP contribution in [0.3, 0.4) is 0 Å². The van der Waals surface area contributed by atoms with E-state index in [0.717, 1.165) is 12.8 Å². The van der Waals surface area contributed by atoms with Crippen molar-refractivity contribution in [3.63, 3.8) is 0 Å². The second-order valence-electron chi connectivity index (χ2n) is 4.64. The van der Waals surface area contributed by atoms with E-state index in [9.17, 15) is 8.42 Å². The predicted octanol–water partition coefficient (Wildman–Crippen LogP) is 0.105. The first kappa shape index (κ1) is 13.9. The summed E-state index contributed by atoms with van der Waals surface area (Å²) in [6.45, 7) is 3.85. The minimum atomic E-state index is -3.23. The van der Waals surface area contributed by atoms with Crippen molar-refractivity contribution in [1.29, 1.82) is 0 Å². The average Bonchev–Trinajstić information content (AvgIpc) is 2.25. The Labute approximate surface area is 97.2 Å². The van der Waals surface area contributed by atoms with Gasteiger partial charge in [0.2, 0.25) is 10.0 Å². The normalized spacial score (nSPS) is 20.9. The summed E-state index contributed by atoms with van der Waals surface area (Å²) in [5.41, 5.74) is 0.00450. The van der Waals surface area contributed by atoms with Crippen LogP contribution >= 0.6 is 0 Å². The molecule has 1 rings (SSSR count). The fourth-order valence-electron chi connectivity index (χ4n) is 1.65. The minimum Gasteiger partial charge on any atom is -0.396 e. The van der Waals surface area contributed by atoms with Crippen molar-refractivity contribution >= 4 is 10.0 Å². The van der Waals surface area contributed by atoms with E-state index in [0.29, 0.717) is 19.8 Å². The zero-order chi connectivity index (χ0) is 12.1. The molecule has 1 saturated heterocycles. The number of aliphatic hydroxyl groups excluding tert-OH is 1. The van der Waals surface area contributed by atoms with E-state index < -0.39 is 10.0 Å². The molecule has 5 nitrogen and oxygen atoms in total. The zero-order valence-electron chi connectivity index (χ0n) is 9.74. The third kappa shape index (κ3) is 4.78. The summed E-state index contributed by atoms with van der Waals surface area (Å²) < 4.78 is 30.9. The first-order chi connectivity index (χ1) is 7.47. The summed E-state index contributed by atoms with van der Waals surface area (Å²) in [7, 11) is -3.23. The Morgan fingerprint density at radius 1 is 1.38 bits per heavy atom. The summed E-state index contributed by atoms with van der Waals surface area (Å²) in [5.74, 6) is -0.00389. The fourth-order valence-corrected chi connectivity index (χ4v) is 2.87. The first-order valence-corrected chi connectivity index (χ1v) is 7.29. The number of rotatable bonds is 6. The highest BCUT2D eigenvalue weighted by Gasteiger charge is 2.28. The molecule has 96 valence electrons. The predicted molar refractivity (Wildman–Crippen MR) is 61.7 cm³/mol. The molecule has 0 aromatic heterocycles. The van der Waals surface area contributed by atoms with Gasteiger partial charge in [-0.3, -0.25) is 0 Å². The van der Waals surface area contributed by atoms with E-state index in [1.807, 2.05) is 0 Å². The Morgan fingerprint density at radius 2 is 2.00 bits per heavy atom. The summed E-state index contributed by atoms with van der Waals surface area (Å²) in [4.78, 5) is 0. The molecule has 1 aliphatic rings. The van der Waals surface area contributed by atoms with Gasteiger partial charge in [0.15, 0.2) is 0 Å². The third-order valence-electron chi connectivity index (χ3n) is 2.99. The van der Waals surface area contributed by atoms with E-state index in [2.05, 4.69) is 11.6 Å². The molecular weight excluding hydrogens is 230 g/mol. The molecule has 1 fully saturated rings. The van der Waals surface area contributed by atoms with Crippen molar-refractivity contribution in [2.75, 3.05) is 32.1 Å². The number of aliphatic hydroxyl groups is 1. The van der Waals surface area contributed by atoms with E-state index in [4.69, 9.17) is 9.84 Å². The van der Waals surface area contributed by atoms with Crippen LogP contribution in [0, 0.1) is 5.41 Å². The van der Waals surface area contributed by atoms with Gasteiger partial charge < -0.3 is 9.84 Å². The molecule has 1 aliphatic heterocycles. The van der Waals surface area contributed by atoms with Gasteiger partial charge in [0, 0.05) is 26.4 Å². The lowest BCUT2D eigenvalue weighted by Gasteiger charge is -2.33. The molecule has 0 atom stereocenters. The van der Waals surface area contributed by atoms with Crippen LogP contribution in [0.5, 0.6) is 0 Å². The molecule has 0 saturated carbocycles.